The molecular formula is C12H10N2OS. The number of carbonyl (C=O) groups excluding carboxylic acids is 1. The lowest BCUT2D eigenvalue weighted by atomic mass is 10.1. The van der Waals surface area contributed by atoms with Crippen LogP contribution < -0.4 is 0 Å². The Bertz CT molecular complexity index is 607. The molecule has 1 fully saturated rings. The second-order valence-electron chi connectivity index (χ2n) is 4.15. The van der Waals surface area contributed by atoms with Gasteiger partial charge in [0.25, 0.3) is 0 Å². The van der Waals surface area contributed by atoms with Crippen LogP contribution in [0.2, 0.25) is 0 Å². The molecule has 0 N–H and O–H groups in total. The average molecular weight is 230 g/mol. The van der Waals surface area contributed by atoms with Crippen molar-refractivity contribution in [2.24, 2.45) is 4.99 Å². The van der Waals surface area contributed by atoms with Gasteiger partial charge in [0.15, 0.2) is 0 Å². The Morgan fingerprint density at radius 3 is 3.00 bits per heavy atom. The number of nitrogens with zero attached hydrogens (tertiary/aromatic N) is 2. The molecular weight excluding hydrogens is 220 g/mol. The van der Waals surface area contributed by atoms with Crippen molar-refractivity contribution in [2.75, 3.05) is 0 Å². The number of aryl methyl sites for hydroxylation is 1. The Morgan fingerprint density at radius 2 is 2.31 bits per heavy atom. The van der Waals surface area contributed by atoms with E-state index >= 15 is 0 Å². The van der Waals surface area contributed by atoms with Gasteiger partial charge in [-0.15, -0.1) is 11.3 Å². The molecule has 0 aliphatic heterocycles. The van der Waals surface area contributed by atoms with Crippen LogP contribution in [0.15, 0.2) is 23.2 Å². The van der Waals surface area contributed by atoms with Crippen LogP contribution in [0.1, 0.15) is 23.4 Å². The van der Waals surface area contributed by atoms with Crippen molar-refractivity contribution in [1.82, 2.24) is 4.98 Å². The van der Waals surface area contributed by atoms with Crippen molar-refractivity contribution in [3.05, 3.63) is 28.8 Å². The molecule has 4 heteroatoms. The largest absolute Gasteiger partial charge is 0.242 e. The van der Waals surface area contributed by atoms with Crippen molar-refractivity contribution in [1.29, 1.82) is 0 Å². The quantitative estimate of drug-likeness (QED) is 0.588. The standard InChI is InChI=1S/C12H10N2OS/c1-8-14-10-3-2-9(6-11(10)16-8)12(4-5-12)13-7-15/h2-3,6H,4-5H2,1H3. The number of isocyanates is 1. The SMILES string of the molecule is Cc1nc2ccc(C3(N=C=O)CC3)cc2s1. The maximum Gasteiger partial charge on any atom is 0.235 e. The lowest BCUT2D eigenvalue weighted by Gasteiger charge is -2.06. The third-order valence-corrected chi connectivity index (χ3v) is 3.95. The zero-order valence-electron chi connectivity index (χ0n) is 8.86. The minimum Gasteiger partial charge on any atom is -0.242 e. The van der Waals surface area contributed by atoms with Crippen molar-refractivity contribution in [3.63, 3.8) is 0 Å². The average Bonchev–Trinajstić information content (AvgIpc) is 2.93. The van der Waals surface area contributed by atoms with E-state index in [0.29, 0.717) is 0 Å². The summed E-state index contributed by atoms with van der Waals surface area (Å²) in [5.74, 6) is 0. The normalized spacial score (nSPS) is 17.1. The van der Waals surface area contributed by atoms with Crippen LogP contribution in [-0.2, 0) is 10.3 Å². The maximum atomic E-state index is 10.4. The zero-order valence-corrected chi connectivity index (χ0v) is 9.67. The van der Waals surface area contributed by atoms with Crippen LogP contribution in [0.5, 0.6) is 0 Å². The first-order valence-electron chi connectivity index (χ1n) is 5.20. The van der Waals surface area contributed by atoms with Gasteiger partial charge >= 0.3 is 0 Å². The van der Waals surface area contributed by atoms with Crippen LogP contribution in [0, 0.1) is 6.92 Å². The molecule has 0 bridgehead atoms. The number of aliphatic imine (C=N–C) groups is 1. The van der Waals surface area contributed by atoms with Gasteiger partial charge < -0.3 is 0 Å². The molecule has 1 aliphatic rings. The van der Waals surface area contributed by atoms with E-state index in [9.17, 15) is 4.79 Å². The molecule has 1 saturated carbocycles. The highest BCUT2D eigenvalue weighted by Gasteiger charge is 2.44. The molecule has 0 radical (unpaired) electrons. The lowest BCUT2D eigenvalue weighted by molar-refractivity contribution is 0.556. The summed E-state index contributed by atoms with van der Waals surface area (Å²) in [5.41, 5.74) is 1.87. The molecule has 3 rings (SSSR count). The van der Waals surface area contributed by atoms with E-state index in [1.165, 1.54) is 4.70 Å². The molecule has 2 aromatic rings. The van der Waals surface area contributed by atoms with Gasteiger partial charge in [0.2, 0.25) is 6.08 Å². The summed E-state index contributed by atoms with van der Waals surface area (Å²) >= 11 is 1.68. The molecule has 80 valence electrons. The predicted molar refractivity (Wildman–Crippen MR) is 63.4 cm³/mol. The zero-order chi connectivity index (χ0) is 11.2. The smallest absolute Gasteiger partial charge is 0.235 e. The fourth-order valence-electron chi connectivity index (χ4n) is 2.00. The van der Waals surface area contributed by atoms with E-state index in [-0.39, 0.29) is 5.54 Å². The molecule has 1 heterocycles. The fourth-order valence-corrected chi connectivity index (χ4v) is 2.87. The summed E-state index contributed by atoms with van der Waals surface area (Å²) in [6.45, 7) is 2.00. The van der Waals surface area contributed by atoms with Gasteiger partial charge in [-0.3, -0.25) is 0 Å². The predicted octanol–water partition coefficient (Wildman–Crippen LogP) is 2.93. The Morgan fingerprint density at radius 1 is 1.50 bits per heavy atom. The van der Waals surface area contributed by atoms with Gasteiger partial charge in [-0.05, 0) is 37.5 Å². The maximum absolute atomic E-state index is 10.4. The molecule has 1 aromatic carbocycles. The summed E-state index contributed by atoms with van der Waals surface area (Å²) in [4.78, 5) is 18.7. The van der Waals surface area contributed by atoms with E-state index in [1.54, 1.807) is 17.4 Å². The third kappa shape index (κ3) is 1.39. The third-order valence-electron chi connectivity index (χ3n) is 3.02. The Labute approximate surface area is 96.8 Å². The van der Waals surface area contributed by atoms with Gasteiger partial charge in [0, 0.05) is 0 Å². The van der Waals surface area contributed by atoms with Crippen molar-refractivity contribution in [2.45, 2.75) is 25.3 Å². The van der Waals surface area contributed by atoms with Gasteiger partial charge in [-0.25, -0.2) is 9.78 Å². The summed E-state index contributed by atoms with van der Waals surface area (Å²) in [6, 6.07) is 6.14. The van der Waals surface area contributed by atoms with Crippen molar-refractivity contribution >= 4 is 27.6 Å². The summed E-state index contributed by atoms with van der Waals surface area (Å²) in [5, 5.41) is 1.07. The fraction of sp³-hybridized carbons (Fsp3) is 0.333. The van der Waals surface area contributed by atoms with Crippen LogP contribution in [0.25, 0.3) is 10.2 Å². The van der Waals surface area contributed by atoms with E-state index in [2.05, 4.69) is 16.0 Å². The van der Waals surface area contributed by atoms with Crippen LogP contribution in [0.3, 0.4) is 0 Å². The van der Waals surface area contributed by atoms with Crippen molar-refractivity contribution in [3.8, 4) is 0 Å². The Hall–Kier alpha value is -1.51. The molecule has 3 nitrogen and oxygen atoms in total. The highest BCUT2D eigenvalue weighted by atomic mass is 32.1. The monoisotopic (exact) mass is 230 g/mol. The van der Waals surface area contributed by atoms with Crippen molar-refractivity contribution < 1.29 is 4.79 Å². The topological polar surface area (TPSA) is 42.3 Å². The first-order chi connectivity index (χ1) is 7.73. The van der Waals surface area contributed by atoms with Gasteiger partial charge in [-0.2, -0.15) is 4.99 Å². The molecule has 0 spiro atoms. The van der Waals surface area contributed by atoms with E-state index in [1.807, 2.05) is 19.1 Å². The second kappa shape index (κ2) is 3.24. The number of hydrogen-bond acceptors (Lipinski definition) is 4. The van der Waals surface area contributed by atoms with Crippen LogP contribution in [-0.4, -0.2) is 11.1 Å². The number of benzene rings is 1. The van der Waals surface area contributed by atoms with Crippen LogP contribution in [0.4, 0.5) is 0 Å². The highest BCUT2D eigenvalue weighted by molar-refractivity contribution is 7.18. The summed E-state index contributed by atoms with van der Waals surface area (Å²) < 4.78 is 1.17. The van der Waals surface area contributed by atoms with Gasteiger partial charge in [0.1, 0.15) is 0 Å². The molecule has 0 atom stereocenters. The number of fused-ring (bicyclic) bond motifs is 1. The number of hydrogen-bond donors (Lipinski definition) is 0. The molecule has 0 unspecified atom stereocenters. The summed E-state index contributed by atoms with van der Waals surface area (Å²) in [6.07, 6.45) is 3.58. The molecule has 0 amide bonds. The Balaban J connectivity index is 2.15. The molecule has 1 aliphatic carbocycles. The summed E-state index contributed by atoms with van der Waals surface area (Å²) in [7, 11) is 0. The minimum atomic E-state index is -0.270. The van der Waals surface area contributed by atoms with Crippen LogP contribution >= 0.6 is 11.3 Å². The van der Waals surface area contributed by atoms with E-state index in [4.69, 9.17) is 0 Å². The lowest BCUT2D eigenvalue weighted by Crippen LogP contribution is -2.01. The van der Waals surface area contributed by atoms with Gasteiger partial charge in [-0.1, -0.05) is 6.07 Å². The molecule has 16 heavy (non-hydrogen) atoms. The first kappa shape index (κ1) is 9.70. The number of thiazole rings is 1. The minimum absolute atomic E-state index is 0.270. The molecule has 1 aromatic heterocycles. The number of rotatable bonds is 2. The second-order valence-corrected chi connectivity index (χ2v) is 5.38. The molecule has 0 saturated heterocycles. The van der Waals surface area contributed by atoms with Gasteiger partial charge in [0.05, 0.1) is 20.8 Å². The number of aromatic nitrogens is 1. The highest BCUT2D eigenvalue weighted by Crippen LogP contribution is 2.49. The van der Waals surface area contributed by atoms with E-state index in [0.717, 1.165) is 28.9 Å². The Kier molecular flexibility index (Phi) is 1.96. The first-order valence-corrected chi connectivity index (χ1v) is 6.02. The van der Waals surface area contributed by atoms with E-state index < -0.39 is 0 Å².